The van der Waals surface area contributed by atoms with Gasteiger partial charge in [0.15, 0.2) is 5.82 Å². The minimum Gasteiger partial charge on any atom is -0.362 e. The summed E-state index contributed by atoms with van der Waals surface area (Å²) in [7, 11) is 1.54. The van der Waals surface area contributed by atoms with E-state index in [9.17, 15) is 9.59 Å². The van der Waals surface area contributed by atoms with E-state index in [1.54, 1.807) is 13.0 Å². The van der Waals surface area contributed by atoms with E-state index in [0.29, 0.717) is 17.4 Å². The highest BCUT2D eigenvalue weighted by Gasteiger charge is 2.14. The maximum atomic E-state index is 12.1. The Hall–Kier alpha value is -2.26. The van der Waals surface area contributed by atoms with Gasteiger partial charge in [-0.05, 0) is 37.6 Å². The average molecular weight is 411 g/mol. The number of carbonyl (C=O) groups is 2. The number of hydrogen-bond donors (Lipinski definition) is 1. The van der Waals surface area contributed by atoms with Crippen molar-refractivity contribution in [2.75, 3.05) is 25.5 Å². The summed E-state index contributed by atoms with van der Waals surface area (Å²) in [6.07, 6.45) is 0. The molecule has 0 aliphatic heterocycles. The summed E-state index contributed by atoms with van der Waals surface area (Å²) in [5.41, 5.74) is 1.63. The van der Waals surface area contributed by atoms with Gasteiger partial charge in [0, 0.05) is 17.2 Å². The van der Waals surface area contributed by atoms with E-state index < -0.39 is 0 Å². The van der Waals surface area contributed by atoms with Crippen LogP contribution in [-0.2, 0) is 20.9 Å². The molecule has 0 spiro atoms. The molecule has 25 heavy (non-hydrogen) atoms. The third kappa shape index (κ3) is 5.95. The Bertz CT molecular complexity index is 762. The van der Waals surface area contributed by atoms with Gasteiger partial charge in [-0.2, -0.15) is 4.98 Å². The summed E-state index contributed by atoms with van der Waals surface area (Å²) in [4.78, 5) is 29.3. The number of ether oxygens (including phenoxy) is 1. The van der Waals surface area contributed by atoms with Crippen LogP contribution in [0.4, 0.5) is 5.69 Å². The first kappa shape index (κ1) is 19.1. The quantitative estimate of drug-likeness (QED) is 0.749. The topological polar surface area (TPSA) is 97.6 Å². The molecular formula is C16H19BrN4O4. The van der Waals surface area contributed by atoms with E-state index in [-0.39, 0.29) is 31.6 Å². The molecule has 1 aromatic carbocycles. The second-order valence-electron chi connectivity index (χ2n) is 5.49. The third-order valence-corrected chi connectivity index (χ3v) is 3.78. The Morgan fingerprint density at radius 2 is 2.12 bits per heavy atom. The van der Waals surface area contributed by atoms with E-state index in [1.807, 2.05) is 19.1 Å². The van der Waals surface area contributed by atoms with Crippen LogP contribution in [0.2, 0.25) is 0 Å². The lowest BCUT2D eigenvalue weighted by atomic mass is 10.2. The van der Waals surface area contributed by atoms with Gasteiger partial charge in [-0.25, -0.2) is 0 Å². The number of hydrogen-bond acceptors (Lipinski definition) is 6. The van der Waals surface area contributed by atoms with Crippen molar-refractivity contribution in [3.05, 3.63) is 40.0 Å². The number of carbonyl (C=O) groups excluding carboxylic acids is 2. The predicted octanol–water partition coefficient (Wildman–Crippen LogP) is 2.06. The number of amides is 2. The van der Waals surface area contributed by atoms with Crippen LogP contribution in [0.1, 0.15) is 17.3 Å². The number of rotatable bonds is 7. The Balaban J connectivity index is 1.76. The number of likely N-dealkylation sites (N-methyl/N-ethyl adjacent to an activating group) is 1. The molecule has 1 N–H and O–H groups in total. The fourth-order valence-electron chi connectivity index (χ4n) is 2.00. The van der Waals surface area contributed by atoms with Gasteiger partial charge in [-0.1, -0.05) is 21.1 Å². The molecule has 0 saturated carbocycles. The number of nitrogens with zero attached hydrogens (tertiary/aromatic N) is 3. The van der Waals surface area contributed by atoms with Crippen molar-refractivity contribution in [1.29, 1.82) is 0 Å². The molecule has 134 valence electrons. The molecule has 2 aromatic rings. The zero-order valence-electron chi connectivity index (χ0n) is 14.2. The zero-order valence-corrected chi connectivity index (χ0v) is 15.8. The van der Waals surface area contributed by atoms with Crippen molar-refractivity contribution < 1.29 is 18.8 Å². The summed E-state index contributed by atoms with van der Waals surface area (Å²) in [5, 5.41) is 6.40. The molecule has 2 amide bonds. The van der Waals surface area contributed by atoms with Crippen LogP contribution in [0.3, 0.4) is 0 Å². The van der Waals surface area contributed by atoms with Gasteiger partial charge in [0.05, 0.1) is 6.54 Å². The Labute approximate surface area is 153 Å². The molecule has 0 aliphatic rings. The molecule has 9 heteroatoms. The van der Waals surface area contributed by atoms with Crippen LogP contribution >= 0.6 is 15.9 Å². The molecule has 0 fully saturated rings. The lowest BCUT2D eigenvalue weighted by Crippen LogP contribution is -2.37. The summed E-state index contributed by atoms with van der Waals surface area (Å²) in [6.45, 7) is 3.38. The van der Waals surface area contributed by atoms with E-state index in [4.69, 9.17) is 9.26 Å². The van der Waals surface area contributed by atoms with Gasteiger partial charge in [-0.3, -0.25) is 9.59 Å². The van der Waals surface area contributed by atoms with Crippen molar-refractivity contribution in [3.63, 3.8) is 0 Å². The Kier molecular flexibility index (Phi) is 6.65. The lowest BCUT2D eigenvalue weighted by Gasteiger charge is -2.17. The second kappa shape index (κ2) is 8.72. The van der Waals surface area contributed by atoms with Crippen molar-refractivity contribution in [1.82, 2.24) is 15.0 Å². The maximum Gasteiger partial charge on any atom is 0.252 e. The minimum atomic E-state index is -0.320. The van der Waals surface area contributed by atoms with Gasteiger partial charge in [-0.15, -0.1) is 0 Å². The van der Waals surface area contributed by atoms with Crippen molar-refractivity contribution in [2.45, 2.75) is 20.5 Å². The number of anilines is 1. The van der Waals surface area contributed by atoms with E-state index in [2.05, 4.69) is 31.4 Å². The minimum absolute atomic E-state index is 0.0463. The number of nitrogens with one attached hydrogen (secondary N) is 1. The fourth-order valence-corrected chi connectivity index (χ4v) is 2.47. The summed E-state index contributed by atoms with van der Waals surface area (Å²) in [6, 6.07) is 5.54. The van der Waals surface area contributed by atoms with Gasteiger partial charge < -0.3 is 19.5 Å². The van der Waals surface area contributed by atoms with Crippen LogP contribution < -0.4 is 5.32 Å². The highest BCUT2D eigenvalue weighted by Crippen LogP contribution is 2.19. The van der Waals surface area contributed by atoms with Gasteiger partial charge in [0.1, 0.15) is 13.2 Å². The maximum absolute atomic E-state index is 12.1. The molecule has 0 aliphatic carbocycles. The highest BCUT2D eigenvalue weighted by atomic mass is 79.9. The Morgan fingerprint density at radius 3 is 2.76 bits per heavy atom. The lowest BCUT2D eigenvalue weighted by molar-refractivity contribution is -0.138. The fraction of sp³-hybridized carbons (Fsp3) is 0.375. The number of aryl methyl sites for hydroxylation is 2. The third-order valence-electron chi connectivity index (χ3n) is 3.29. The van der Waals surface area contributed by atoms with Crippen molar-refractivity contribution >= 4 is 33.4 Å². The molecule has 0 unspecified atom stereocenters. The van der Waals surface area contributed by atoms with E-state index in [1.165, 1.54) is 11.9 Å². The number of benzene rings is 1. The largest absolute Gasteiger partial charge is 0.362 e. The molecule has 0 bridgehead atoms. The van der Waals surface area contributed by atoms with Gasteiger partial charge in [0.25, 0.3) is 5.89 Å². The molecule has 2 rings (SSSR count). The van der Waals surface area contributed by atoms with Crippen molar-refractivity contribution in [2.24, 2.45) is 0 Å². The molecular weight excluding hydrogens is 392 g/mol. The first-order chi connectivity index (χ1) is 11.8. The van der Waals surface area contributed by atoms with Gasteiger partial charge >= 0.3 is 0 Å². The molecule has 0 atom stereocenters. The molecule has 1 heterocycles. The summed E-state index contributed by atoms with van der Waals surface area (Å²) < 4.78 is 11.0. The molecule has 0 saturated heterocycles. The SMILES string of the molecule is Cc1noc(COCC(=O)N(C)CC(=O)Nc2ccc(Br)cc2C)n1. The average Bonchev–Trinajstić information content (AvgIpc) is 2.95. The molecule has 0 radical (unpaired) electrons. The number of halogens is 1. The number of aromatic nitrogens is 2. The first-order valence-corrected chi connectivity index (χ1v) is 8.31. The normalized spacial score (nSPS) is 10.6. The van der Waals surface area contributed by atoms with Crippen LogP contribution in [-0.4, -0.2) is 47.1 Å². The Morgan fingerprint density at radius 1 is 1.36 bits per heavy atom. The van der Waals surface area contributed by atoms with Crippen molar-refractivity contribution in [3.8, 4) is 0 Å². The zero-order chi connectivity index (χ0) is 18.4. The van der Waals surface area contributed by atoms with E-state index in [0.717, 1.165) is 10.0 Å². The predicted molar refractivity (Wildman–Crippen MR) is 93.8 cm³/mol. The van der Waals surface area contributed by atoms with Crippen LogP contribution in [0.25, 0.3) is 0 Å². The standard InChI is InChI=1S/C16H19BrN4O4/c1-10-6-12(17)4-5-13(10)19-14(22)7-21(3)16(23)9-24-8-15-18-11(2)20-25-15/h4-6H,7-9H2,1-3H3,(H,19,22). The first-order valence-electron chi connectivity index (χ1n) is 7.52. The molecule has 1 aromatic heterocycles. The second-order valence-corrected chi connectivity index (χ2v) is 6.40. The summed E-state index contributed by atoms with van der Waals surface area (Å²) in [5.74, 6) is 0.200. The molecule has 8 nitrogen and oxygen atoms in total. The smallest absolute Gasteiger partial charge is 0.252 e. The van der Waals surface area contributed by atoms with Gasteiger partial charge in [0.2, 0.25) is 11.8 Å². The highest BCUT2D eigenvalue weighted by molar-refractivity contribution is 9.10. The summed E-state index contributed by atoms with van der Waals surface area (Å²) >= 11 is 3.37. The monoisotopic (exact) mass is 410 g/mol. The van der Waals surface area contributed by atoms with Crippen LogP contribution in [0.5, 0.6) is 0 Å². The van der Waals surface area contributed by atoms with E-state index >= 15 is 0 Å². The van der Waals surface area contributed by atoms with Crippen LogP contribution in [0.15, 0.2) is 27.2 Å². The van der Waals surface area contributed by atoms with Crippen LogP contribution in [0, 0.1) is 13.8 Å².